The first kappa shape index (κ1) is 11.2. The van der Waals surface area contributed by atoms with Crippen molar-refractivity contribution in [1.29, 1.82) is 0 Å². The van der Waals surface area contributed by atoms with Gasteiger partial charge in [-0.25, -0.2) is 4.98 Å². The summed E-state index contributed by atoms with van der Waals surface area (Å²) in [6, 6.07) is 0. The minimum Gasteiger partial charge on any atom is -0.445 e. The van der Waals surface area contributed by atoms with Crippen LogP contribution in [0.3, 0.4) is 0 Å². The van der Waals surface area contributed by atoms with Crippen LogP contribution in [0.25, 0.3) is 0 Å². The summed E-state index contributed by atoms with van der Waals surface area (Å²) >= 11 is 0. The van der Waals surface area contributed by atoms with E-state index in [1.54, 1.807) is 0 Å². The van der Waals surface area contributed by atoms with Crippen molar-refractivity contribution < 1.29 is 8.63 Å². The second kappa shape index (κ2) is 5.10. The third-order valence-electron chi connectivity index (χ3n) is 1.88. The van der Waals surface area contributed by atoms with E-state index in [1.165, 1.54) is 0 Å². The molecule has 0 N–H and O–H groups in total. The Bertz CT molecular complexity index is 336. The monoisotopic (exact) mass is 213 g/mol. The van der Waals surface area contributed by atoms with E-state index in [-0.39, 0.29) is 0 Å². The van der Waals surface area contributed by atoms with Gasteiger partial charge in [-0.15, -0.1) is 0 Å². The number of hydrogen-bond acceptors (Lipinski definition) is 3. The predicted molar refractivity (Wildman–Crippen MR) is 57.5 cm³/mol. The number of aryl methyl sites for hydroxylation is 2. The molecule has 0 spiro atoms. The highest BCUT2D eigenvalue weighted by Crippen LogP contribution is 2.10. The first-order valence-electron chi connectivity index (χ1n) is 4.52. The number of nitrogens with zero attached hydrogens (tertiary/aromatic N) is 1. The number of allylic oxidation sites excluding steroid dienone is 1. The molecule has 14 heavy (non-hydrogen) atoms. The SMILES string of the molecule is C/C=C/C[S@@](=O)Cc1nc(C)c(C)o1. The lowest BCUT2D eigenvalue weighted by molar-refractivity contribution is 0.488. The van der Waals surface area contributed by atoms with Gasteiger partial charge in [-0.1, -0.05) is 12.2 Å². The zero-order valence-electron chi connectivity index (χ0n) is 8.74. The fourth-order valence-electron chi connectivity index (χ4n) is 1.00. The van der Waals surface area contributed by atoms with Crippen LogP contribution >= 0.6 is 0 Å². The van der Waals surface area contributed by atoms with E-state index < -0.39 is 10.8 Å². The molecule has 0 aliphatic heterocycles. The lowest BCUT2D eigenvalue weighted by Gasteiger charge is -1.93. The summed E-state index contributed by atoms with van der Waals surface area (Å²) in [5.74, 6) is 2.35. The van der Waals surface area contributed by atoms with Crippen LogP contribution in [-0.2, 0) is 16.6 Å². The summed E-state index contributed by atoms with van der Waals surface area (Å²) in [5, 5.41) is 0. The number of rotatable bonds is 4. The van der Waals surface area contributed by atoms with E-state index in [0.29, 0.717) is 17.4 Å². The van der Waals surface area contributed by atoms with E-state index in [1.807, 2.05) is 32.9 Å². The molecule has 0 amide bonds. The lowest BCUT2D eigenvalue weighted by Crippen LogP contribution is -1.98. The Morgan fingerprint density at radius 1 is 1.50 bits per heavy atom. The second-order valence-electron chi connectivity index (χ2n) is 3.07. The van der Waals surface area contributed by atoms with Gasteiger partial charge in [-0.2, -0.15) is 0 Å². The second-order valence-corrected chi connectivity index (χ2v) is 4.57. The van der Waals surface area contributed by atoms with E-state index in [2.05, 4.69) is 4.98 Å². The van der Waals surface area contributed by atoms with Crippen LogP contribution in [0.1, 0.15) is 24.3 Å². The van der Waals surface area contributed by atoms with Crippen LogP contribution in [0, 0.1) is 13.8 Å². The van der Waals surface area contributed by atoms with Gasteiger partial charge >= 0.3 is 0 Å². The maximum atomic E-state index is 11.5. The molecule has 0 aliphatic carbocycles. The Kier molecular flexibility index (Phi) is 4.07. The molecule has 0 fully saturated rings. The van der Waals surface area contributed by atoms with Crippen LogP contribution in [0.5, 0.6) is 0 Å². The van der Waals surface area contributed by atoms with Crippen molar-refractivity contribution >= 4 is 10.8 Å². The highest BCUT2D eigenvalue weighted by atomic mass is 32.2. The zero-order valence-corrected chi connectivity index (χ0v) is 9.56. The quantitative estimate of drug-likeness (QED) is 0.719. The largest absolute Gasteiger partial charge is 0.445 e. The molecule has 1 rings (SSSR count). The highest BCUT2D eigenvalue weighted by Gasteiger charge is 2.08. The van der Waals surface area contributed by atoms with Crippen LogP contribution in [0.4, 0.5) is 0 Å². The van der Waals surface area contributed by atoms with Crippen molar-refractivity contribution in [2.24, 2.45) is 0 Å². The van der Waals surface area contributed by atoms with E-state index in [0.717, 1.165) is 11.5 Å². The Morgan fingerprint density at radius 2 is 2.21 bits per heavy atom. The topological polar surface area (TPSA) is 43.1 Å². The number of oxazole rings is 1. The normalized spacial score (nSPS) is 13.6. The van der Waals surface area contributed by atoms with Gasteiger partial charge in [0.1, 0.15) is 11.5 Å². The molecule has 0 saturated carbocycles. The van der Waals surface area contributed by atoms with Crippen molar-refractivity contribution in [3.63, 3.8) is 0 Å². The average molecular weight is 213 g/mol. The molecule has 0 unspecified atom stereocenters. The van der Waals surface area contributed by atoms with Gasteiger partial charge in [0.05, 0.1) is 5.69 Å². The van der Waals surface area contributed by atoms with Crippen LogP contribution in [0.15, 0.2) is 16.6 Å². The molecular weight excluding hydrogens is 198 g/mol. The van der Waals surface area contributed by atoms with Crippen molar-refractivity contribution in [2.45, 2.75) is 26.5 Å². The third kappa shape index (κ3) is 3.10. The molecule has 0 bridgehead atoms. The van der Waals surface area contributed by atoms with Crippen LogP contribution in [-0.4, -0.2) is 14.9 Å². The maximum absolute atomic E-state index is 11.5. The van der Waals surface area contributed by atoms with Gasteiger partial charge in [-0.3, -0.25) is 4.21 Å². The van der Waals surface area contributed by atoms with Gasteiger partial charge in [-0.05, 0) is 20.8 Å². The highest BCUT2D eigenvalue weighted by molar-refractivity contribution is 7.84. The summed E-state index contributed by atoms with van der Waals surface area (Å²) in [6.07, 6.45) is 3.78. The summed E-state index contributed by atoms with van der Waals surface area (Å²) in [5.41, 5.74) is 0.878. The molecule has 1 aromatic rings. The molecule has 1 aromatic heterocycles. The van der Waals surface area contributed by atoms with E-state index in [4.69, 9.17) is 4.42 Å². The Labute approximate surface area is 86.7 Å². The Hall–Kier alpha value is -0.900. The van der Waals surface area contributed by atoms with Gasteiger partial charge in [0.15, 0.2) is 0 Å². The molecule has 1 atom stereocenters. The summed E-state index contributed by atoms with van der Waals surface area (Å²) in [4.78, 5) is 4.17. The Morgan fingerprint density at radius 3 is 2.71 bits per heavy atom. The molecule has 0 aromatic carbocycles. The molecule has 4 heteroatoms. The summed E-state index contributed by atoms with van der Waals surface area (Å²) in [7, 11) is -0.909. The summed E-state index contributed by atoms with van der Waals surface area (Å²) < 4.78 is 16.8. The molecule has 78 valence electrons. The van der Waals surface area contributed by atoms with Crippen molar-refractivity contribution in [3.05, 3.63) is 29.5 Å². The molecule has 0 aliphatic rings. The van der Waals surface area contributed by atoms with Gasteiger partial charge in [0.25, 0.3) is 0 Å². The average Bonchev–Trinajstić information content (AvgIpc) is 2.42. The number of aromatic nitrogens is 1. The molecular formula is C10H15NO2S. The zero-order chi connectivity index (χ0) is 10.6. The number of hydrogen-bond donors (Lipinski definition) is 0. The lowest BCUT2D eigenvalue weighted by atomic mass is 10.4. The summed E-state index contributed by atoms with van der Waals surface area (Å²) in [6.45, 7) is 5.66. The van der Waals surface area contributed by atoms with E-state index in [9.17, 15) is 4.21 Å². The first-order valence-corrected chi connectivity index (χ1v) is 6.01. The minimum atomic E-state index is -0.909. The molecule has 3 nitrogen and oxygen atoms in total. The van der Waals surface area contributed by atoms with Gasteiger partial charge in [0.2, 0.25) is 5.89 Å². The Balaban J connectivity index is 2.56. The fourth-order valence-corrected chi connectivity index (χ4v) is 1.92. The standard InChI is InChI=1S/C10H15NO2S/c1-4-5-6-14(12)7-10-11-8(2)9(3)13-10/h4-5H,6-7H2,1-3H3/b5-4+/t14-/m1/s1. The van der Waals surface area contributed by atoms with Crippen molar-refractivity contribution in [1.82, 2.24) is 4.98 Å². The molecule has 1 heterocycles. The minimum absolute atomic E-state index is 0.402. The van der Waals surface area contributed by atoms with Crippen LogP contribution < -0.4 is 0 Å². The third-order valence-corrected chi connectivity index (χ3v) is 3.01. The van der Waals surface area contributed by atoms with Crippen molar-refractivity contribution in [3.8, 4) is 0 Å². The molecule has 0 radical (unpaired) electrons. The van der Waals surface area contributed by atoms with Gasteiger partial charge in [0, 0.05) is 16.6 Å². The predicted octanol–water partition coefficient (Wildman–Crippen LogP) is 2.12. The fraction of sp³-hybridized carbons (Fsp3) is 0.500. The molecule has 0 saturated heterocycles. The first-order chi connectivity index (χ1) is 6.63. The van der Waals surface area contributed by atoms with E-state index >= 15 is 0 Å². The maximum Gasteiger partial charge on any atom is 0.207 e. The smallest absolute Gasteiger partial charge is 0.207 e. The van der Waals surface area contributed by atoms with Crippen molar-refractivity contribution in [2.75, 3.05) is 5.75 Å². The van der Waals surface area contributed by atoms with Crippen LogP contribution in [0.2, 0.25) is 0 Å². The van der Waals surface area contributed by atoms with Gasteiger partial charge < -0.3 is 4.42 Å².